The standard InChI is InChI=1S/C16H28N4O2/c1-3-4-11-22-12-5-6-18-14-15(13-17)16(21)20-9-7-19(2)8-10-20/h14,18H,3-12H2,1-2H3/b15-14-. The van der Waals surface area contributed by atoms with Crippen LogP contribution in [0.1, 0.15) is 26.2 Å². The fourth-order valence-corrected chi connectivity index (χ4v) is 2.12. The summed E-state index contributed by atoms with van der Waals surface area (Å²) in [4.78, 5) is 16.1. The Hall–Kier alpha value is -1.58. The van der Waals surface area contributed by atoms with Crippen molar-refractivity contribution >= 4 is 5.91 Å². The molecule has 1 N–H and O–H groups in total. The highest BCUT2D eigenvalue weighted by Gasteiger charge is 2.21. The minimum absolute atomic E-state index is 0.177. The fraction of sp³-hybridized carbons (Fsp3) is 0.750. The minimum atomic E-state index is -0.178. The number of carbonyl (C=O) groups is 1. The van der Waals surface area contributed by atoms with E-state index < -0.39 is 0 Å². The van der Waals surface area contributed by atoms with Crippen molar-refractivity contribution in [3.63, 3.8) is 0 Å². The lowest BCUT2D eigenvalue weighted by atomic mass is 10.2. The van der Waals surface area contributed by atoms with Crippen molar-refractivity contribution in [2.45, 2.75) is 26.2 Å². The van der Waals surface area contributed by atoms with E-state index in [4.69, 9.17) is 10.00 Å². The Morgan fingerprint density at radius 1 is 1.27 bits per heavy atom. The summed E-state index contributed by atoms with van der Waals surface area (Å²) in [5.41, 5.74) is 0.177. The van der Waals surface area contributed by atoms with E-state index in [-0.39, 0.29) is 11.5 Å². The first-order valence-corrected chi connectivity index (χ1v) is 8.08. The number of nitriles is 1. The Kier molecular flexibility index (Phi) is 9.28. The van der Waals surface area contributed by atoms with Gasteiger partial charge in [-0.2, -0.15) is 5.26 Å². The Balaban J connectivity index is 2.25. The van der Waals surface area contributed by atoms with Gasteiger partial charge < -0.3 is 19.9 Å². The zero-order valence-electron chi connectivity index (χ0n) is 13.8. The molecule has 0 radical (unpaired) electrons. The van der Waals surface area contributed by atoms with Crippen LogP contribution in [-0.4, -0.2) is 68.7 Å². The Labute approximate surface area is 133 Å². The quantitative estimate of drug-likeness (QED) is 0.390. The van der Waals surface area contributed by atoms with Crippen molar-refractivity contribution in [1.29, 1.82) is 5.26 Å². The molecule has 0 spiro atoms. The lowest BCUT2D eigenvalue weighted by Gasteiger charge is -2.32. The van der Waals surface area contributed by atoms with Gasteiger partial charge in [0.25, 0.3) is 5.91 Å². The van der Waals surface area contributed by atoms with Crippen LogP contribution in [0.3, 0.4) is 0 Å². The van der Waals surface area contributed by atoms with Gasteiger partial charge in [-0.05, 0) is 19.9 Å². The first kappa shape index (κ1) is 18.5. The largest absolute Gasteiger partial charge is 0.390 e. The fourth-order valence-electron chi connectivity index (χ4n) is 2.12. The van der Waals surface area contributed by atoms with Gasteiger partial charge in [0.2, 0.25) is 0 Å². The topological polar surface area (TPSA) is 68.6 Å². The highest BCUT2D eigenvalue weighted by molar-refractivity contribution is 5.97. The average molecular weight is 308 g/mol. The number of nitrogens with zero attached hydrogens (tertiary/aromatic N) is 3. The predicted octanol–water partition coefficient (Wildman–Crippen LogP) is 0.964. The Morgan fingerprint density at radius 2 is 1.95 bits per heavy atom. The first-order chi connectivity index (χ1) is 10.7. The maximum absolute atomic E-state index is 12.2. The molecule has 0 aromatic carbocycles. The molecule has 22 heavy (non-hydrogen) atoms. The summed E-state index contributed by atoms with van der Waals surface area (Å²) in [7, 11) is 2.03. The summed E-state index contributed by atoms with van der Waals surface area (Å²) in [6, 6.07) is 1.99. The molecule has 1 heterocycles. The van der Waals surface area contributed by atoms with Gasteiger partial charge in [0.1, 0.15) is 11.6 Å². The van der Waals surface area contributed by atoms with Crippen LogP contribution >= 0.6 is 0 Å². The summed E-state index contributed by atoms with van der Waals surface area (Å²) in [5, 5.41) is 12.2. The highest BCUT2D eigenvalue weighted by atomic mass is 16.5. The number of amides is 1. The van der Waals surface area contributed by atoms with Crippen LogP contribution in [0, 0.1) is 11.3 Å². The molecule has 1 aliphatic rings. The molecule has 0 unspecified atom stereocenters. The molecule has 0 atom stereocenters. The molecule has 6 heteroatoms. The van der Waals surface area contributed by atoms with Gasteiger partial charge in [-0.25, -0.2) is 0 Å². The molecule has 124 valence electrons. The van der Waals surface area contributed by atoms with E-state index in [0.717, 1.165) is 39.0 Å². The molecular weight excluding hydrogens is 280 g/mol. The van der Waals surface area contributed by atoms with Crippen molar-refractivity contribution in [2.24, 2.45) is 0 Å². The number of ether oxygens (including phenoxy) is 1. The van der Waals surface area contributed by atoms with E-state index >= 15 is 0 Å². The van der Waals surface area contributed by atoms with Gasteiger partial charge in [-0.15, -0.1) is 0 Å². The lowest BCUT2D eigenvalue weighted by molar-refractivity contribution is -0.128. The molecule has 0 saturated carbocycles. The number of likely N-dealkylation sites (N-methyl/N-ethyl adjacent to an activating group) is 1. The molecule has 1 aliphatic heterocycles. The zero-order chi connectivity index (χ0) is 16.2. The van der Waals surface area contributed by atoms with Crippen LogP contribution in [0.15, 0.2) is 11.8 Å². The van der Waals surface area contributed by atoms with Gasteiger partial charge in [0, 0.05) is 52.1 Å². The van der Waals surface area contributed by atoms with Crippen LogP contribution < -0.4 is 5.32 Å². The zero-order valence-corrected chi connectivity index (χ0v) is 13.8. The third-order valence-corrected chi connectivity index (χ3v) is 3.64. The van der Waals surface area contributed by atoms with Crippen LogP contribution in [0.5, 0.6) is 0 Å². The molecule has 0 aliphatic carbocycles. The number of nitrogens with one attached hydrogen (secondary N) is 1. The third kappa shape index (κ3) is 6.92. The number of piperazine rings is 1. The summed E-state index contributed by atoms with van der Waals surface area (Å²) in [6.07, 6.45) is 4.63. The van der Waals surface area contributed by atoms with Crippen LogP contribution in [0.25, 0.3) is 0 Å². The Bertz CT molecular complexity index is 395. The molecule has 0 bridgehead atoms. The van der Waals surface area contributed by atoms with Crippen LogP contribution in [0.4, 0.5) is 0 Å². The molecular formula is C16H28N4O2. The Morgan fingerprint density at radius 3 is 2.59 bits per heavy atom. The van der Waals surface area contributed by atoms with E-state index in [1.54, 1.807) is 4.90 Å². The summed E-state index contributed by atoms with van der Waals surface area (Å²) < 4.78 is 5.45. The molecule has 6 nitrogen and oxygen atoms in total. The molecule has 1 amide bonds. The maximum atomic E-state index is 12.2. The highest BCUT2D eigenvalue weighted by Crippen LogP contribution is 2.05. The smallest absolute Gasteiger partial charge is 0.266 e. The predicted molar refractivity (Wildman–Crippen MR) is 86.1 cm³/mol. The van der Waals surface area contributed by atoms with Crippen molar-refractivity contribution < 1.29 is 9.53 Å². The van der Waals surface area contributed by atoms with Crippen molar-refractivity contribution in [1.82, 2.24) is 15.1 Å². The average Bonchev–Trinajstić information content (AvgIpc) is 2.54. The third-order valence-electron chi connectivity index (χ3n) is 3.64. The van der Waals surface area contributed by atoms with Gasteiger partial charge >= 0.3 is 0 Å². The van der Waals surface area contributed by atoms with E-state index in [9.17, 15) is 4.79 Å². The van der Waals surface area contributed by atoms with Gasteiger partial charge in [0.05, 0.1) is 0 Å². The van der Waals surface area contributed by atoms with Crippen molar-refractivity contribution in [2.75, 3.05) is 53.0 Å². The van der Waals surface area contributed by atoms with E-state index in [0.29, 0.717) is 26.2 Å². The molecule has 1 saturated heterocycles. The van der Waals surface area contributed by atoms with Gasteiger partial charge in [0.15, 0.2) is 0 Å². The second-order valence-electron chi connectivity index (χ2n) is 5.54. The maximum Gasteiger partial charge on any atom is 0.266 e. The molecule has 0 aromatic rings. The number of hydrogen-bond acceptors (Lipinski definition) is 5. The van der Waals surface area contributed by atoms with Crippen LogP contribution in [0.2, 0.25) is 0 Å². The van der Waals surface area contributed by atoms with Crippen LogP contribution in [-0.2, 0) is 9.53 Å². The first-order valence-electron chi connectivity index (χ1n) is 8.08. The lowest BCUT2D eigenvalue weighted by Crippen LogP contribution is -2.47. The molecule has 1 fully saturated rings. The SMILES string of the molecule is CCCCOCCCN/C=C(/C#N)C(=O)N1CCN(C)CC1. The summed E-state index contributed by atoms with van der Waals surface area (Å²) >= 11 is 0. The van der Waals surface area contributed by atoms with E-state index in [2.05, 4.69) is 17.1 Å². The molecule has 0 aromatic heterocycles. The second kappa shape index (κ2) is 11.0. The van der Waals surface area contributed by atoms with Gasteiger partial charge in [-0.1, -0.05) is 13.3 Å². The van der Waals surface area contributed by atoms with Gasteiger partial charge in [-0.3, -0.25) is 4.79 Å². The number of carbonyl (C=O) groups excluding carboxylic acids is 1. The van der Waals surface area contributed by atoms with E-state index in [1.807, 2.05) is 13.1 Å². The van der Waals surface area contributed by atoms with E-state index in [1.165, 1.54) is 6.20 Å². The second-order valence-corrected chi connectivity index (χ2v) is 5.54. The van der Waals surface area contributed by atoms with Crippen molar-refractivity contribution in [3.05, 3.63) is 11.8 Å². The number of rotatable bonds is 9. The minimum Gasteiger partial charge on any atom is -0.390 e. The normalized spacial score (nSPS) is 16.4. The number of hydrogen-bond donors (Lipinski definition) is 1. The summed E-state index contributed by atoms with van der Waals surface area (Å²) in [5.74, 6) is -0.178. The monoisotopic (exact) mass is 308 g/mol. The molecule has 1 rings (SSSR count). The number of unbranched alkanes of at least 4 members (excludes halogenated alkanes) is 1. The summed E-state index contributed by atoms with van der Waals surface area (Å²) in [6.45, 7) is 7.41. The van der Waals surface area contributed by atoms with Crippen molar-refractivity contribution in [3.8, 4) is 6.07 Å².